The van der Waals surface area contributed by atoms with Gasteiger partial charge in [-0.25, -0.2) is 0 Å². The number of alkyl halides is 3. The van der Waals surface area contributed by atoms with E-state index in [2.05, 4.69) is 4.98 Å². The summed E-state index contributed by atoms with van der Waals surface area (Å²) in [4.78, 5) is 32.1. The topological polar surface area (TPSA) is 53.5 Å². The number of halogens is 3. The van der Waals surface area contributed by atoms with Crippen LogP contribution in [0.3, 0.4) is 0 Å². The van der Waals surface area contributed by atoms with Crippen molar-refractivity contribution in [3.8, 4) is 0 Å². The normalized spacial score (nSPS) is 23.5. The van der Waals surface area contributed by atoms with Crippen LogP contribution in [0, 0.1) is 5.92 Å². The molecule has 4 rings (SSSR count). The minimum absolute atomic E-state index is 0.106. The van der Waals surface area contributed by atoms with Gasteiger partial charge in [0.1, 0.15) is 0 Å². The molecule has 0 N–H and O–H groups in total. The zero-order valence-corrected chi connectivity index (χ0v) is 13.7. The predicted octanol–water partition coefficient (Wildman–Crippen LogP) is 2.49. The average molecular weight is 355 g/mol. The van der Waals surface area contributed by atoms with Crippen LogP contribution in [-0.4, -0.2) is 58.5 Å². The number of pyridine rings is 1. The highest BCUT2D eigenvalue weighted by Gasteiger charge is 2.39. The summed E-state index contributed by atoms with van der Waals surface area (Å²) >= 11 is 0. The van der Waals surface area contributed by atoms with Crippen LogP contribution >= 0.6 is 0 Å². The lowest BCUT2D eigenvalue weighted by Crippen LogP contribution is -2.47. The third kappa shape index (κ3) is 4.29. The van der Waals surface area contributed by atoms with Gasteiger partial charge in [-0.15, -0.1) is 0 Å². The van der Waals surface area contributed by atoms with E-state index >= 15 is 0 Å². The molecule has 8 heteroatoms. The van der Waals surface area contributed by atoms with Crippen molar-refractivity contribution >= 4 is 11.8 Å². The summed E-state index contributed by atoms with van der Waals surface area (Å²) < 4.78 is 37.1. The molecule has 136 valence electrons. The van der Waals surface area contributed by atoms with Gasteiger partial charge in [-0.1, -0.05) is 0 Å². The first-order chi connectivity index (χ1) is 11.8. The lowest BCUT2D eigenvalue weighted by Gasteiger charge is -2.36. The van der Waals surface area contributed by atoms with Gasteiger partial charge in [0.25, 0.3) is 5.91 Å². The highest BCUT2D eigenvalue weighted by atomic mass is 19.4. The molecule has 0 aromatic carbocycles. The molecule has 3 fully saturated rings. The van der Waals surface area contributed by atoms with E-state index in [1.807, 2.05) is 0 Å². The quantitative estimate of drug-likeness (QED) is 0.837. The van der Waals surface area contributed by atoms with Crippen molar-refractivity contribution in [1.82, 2.24) is 14.8 Å². The van der Waals surface area contributed by atoms with Crippen LogP contribution in [-0.2, 0) is 4.79 Å². The maximum Gasteiger partial charge on any atom is 0.389 e. The van der Waals surface area contributed by atoms with Crippen molar-refractivity contribution in [1.29, 1.82) is 0 Å². The molecule has 3 aliphatic heterocycles. The number of carbonyl (C=O) groups excluding carboxylic acids is 2. The van der Waals surface area contributed by atoms with E-state index in [9.17, 15) is 22.8 Å². The highest BCUT2D eigenvalue weighted by molar-refractivity contribution is 5.94. The predicted molar refractivity (Wildman–Crippen MR) is 83.7 cm³/mol. The van der Waals surface area contributed by atoms with E-state index in [0.717, 1.165) is 12.8 Å². The second kappa shape index (κ2) is 7.01. The molecule has 2 amide bonds. The zero-order chi connectivity index (χ0) is 18.0. The van der Waals surface area contributed by atoms with Crippen LogP contribution in [0.4, 0.5) is 13.2 Å². The number of carbonyl (C=O) groups is 2. The number of amides is 2. The lowest BCUT2D eigenvalue weighted by atomic mass is 9.94. The lowest BCUT2D eigenvalue weighted by molar-refractivity contribution is -0.151. The second-order valence-corrected chi connectivity index (χ2v) is 6.71. The number of nitrogens with zero attached hydrogens (tertiary/aromatic N) is 3. The summed E-state index contributed by atoms with van der Waals surface area (Å²) in [5.74, 6) is -0.508. The molecule has 25 heavy (non-hydrogen) atoms. The molecule has 2 bridgehead atoms. The first-order valence-corrected chi connectivity index (χ1v) is 8.39. The molecular formula is C17H20F3N3O2. The van der Waals surface area contributed by atoms with Crippen LogP contribution in [0.25, 0.3) is 0 Å². The van der Waals surface area contributed by atoms with E-state index in [1.54, 1.807) is 28.1 Å². The third-order valence-corrected chi connectivity index (χ3v) is 4.85. The van der Waals surface area contributed by atoms with E-state index < -0.39 is 24.9 Å². The fourth-order valence-electron chi connectivity index (χ4n) is 3.62. The second-order valence-electron chi connectivity index (χ2n) is 6.71. The molecule has 3 saturated heterocycles. The van der Waals surface area contributed by atoms with E-state index in [4.69, 9.17) is 0 Å². The number of aromatic nitrogens is 1. The summed E-state index contributed by atoms with van der Waals surface area (Å²) in [5.41, 5.74) is 0.485. The van der Waals surface area contributed by atoms with Crippen LogP contribution < -0.4 is 0 Å². The Morgan fingerprint density at radius 2 is 2.00 bits per heavy atom. The van der Waals surface area contributed by atoms with Gasteiger partial charge in [0, 0.05) is 44.5 Å². The molecule has 2 atom stereocenters. The van der Waals surface area contributed by atoms with Gasteiger partial charge >= 0.3 is 6.18 Å². The van der Waals surface area contributed by atoms with Crippen molar-refractivity contribution in [3.05, 3.63) is 30.1 Å². The maximum absolute atomic E-state index is 12.6. The fraction of sp³-hybridized carbons (Fsp3) is 0.588. The number of fused-ring (bicyclic) bond motifs is 4. The summed E-state index contributed by atoms with van der Waals surface area (Å²) in [5, 5.41) is 0. The van der Waals surface area contributed by atoms with Crippen molar-refractivity contribution in [2.75, 3.05) is 19.6 Å². The SMILES string of the molecule is O=C(c1cccnc1)N1C[C@@H]2CC[C@H](C1)N(C(=O)CCC(F)(F)F)C2. The zero-order valence-electron chi connectivity index (χ0n) is 13.7. The molecule has 1 aromatic rings. The average Bonchev–Trinajstić information content (AvgIpc) is 2.91. The molecule has 0 unspecified atom stereocenters. The number of piperidine rings is 1. The monoisotopic (exact) mass is 355 g/mol. The Hall–Kier alpha value is -2.12. The molecular weight excluding hydrogens is 335 g/mol. The summed E-state index contributed by atoms with van der Waals surface area (Å²) in [6.45, 7) is 1.31. The Morgan fingerprint density at radius 1 is 1.20 bits per heavy atom. The molecule has 0 saturated carbocycles. The molecule has 0 spiro atoms. The van der Waals surface area contributed by atoms with Gasteiger partial charge in [-0.3, -0.25) is 14.6 Å². The van der Waals surface area contributed by atoms with Crippen molar-refractivity contribution in [3.63, 3.8) is 0 Å². The summed E-state index contributed by atoms with van der Waals surface area (Å²) in [6.07, 6.45) is -1.26. The Kier molecular flexibility index (Phi) is 4.96. The van der Waals surface area contributed by atoms with Gasteiger partial charge in [0.2, 0.25) is 5.91 Å². The molecule has 0 aliphatic carbocycles. The maximum atomic E-state index is 12.6. The molecule has 4 heterocycles. The Morgan fingerprint density at radius 3 is 2.68 bits per heavy atom. The Labute approximate surface area is 143 Å². The van der Waals surface area contributed by atoms with Gasteiger partial charge in [-0.05, 0) is 30.9 Å². The molecule has 0 radical (unpaired) electrons. The smallest absolute Gasteiger partial charge is 0.338 e. The first-order valence-electron chi connectivity index (χ1n) is 8.39. The molecule has 1 aromatic heterocycles. The van der Waals surface area contributed by atoms with E-state index in [1.165, 1.54) is 6.20 Å². The molecule has 3 aliphatic rings. The summed E-state index contributed by atoms with van der Waals surface area (Å²) in [7, 11) is 0. The largest absolute Gasteiger partial charge is 0.389 e. The van der Waals surface area contributed by atoms with E-state index in [-0.39, 0.29) is 17.9 Å². The minimum Gasteiger partial charge on any atom is -0.338 e. The first kappa shape index (κ1) is 17.7. The Bertz CT molecular complexity index is 636. The van der Waals surface area contributed by atoms with Gasteiger partial charge < -0.3 is 9.80 Å². The van der Waals surface area contributed by atoms with Crippen molar-refractivity contribution < 1.29 is 22.8 Å². The van der Waals surface area contributed by atoms with Crippen molar-refractivity contribution in [2.24, 2.45) is 5.92 Å². The summed E-state index contributed by atoms with van der Waals surface area (Å²) in [6, 6.07) is 3.17. The van der Waals surface area contributed by atoms with Crippen LogP contribution in [0.15, 0.2) is 24.5 Å². The molecule has 5 nitrogen and oxygen atoms in total. The standard InChI is InChI=1S/C17H20F3N3O2/c18-17(19,20)6-5-15(24)23-10-12-3-4-14(23)11-22(9-12)16(25)13-2-1-7-21-8-13/h1-2,7-8,12,14H,3-6,9-11H2/t12-,14+/m0/s1. The van der Waals surface area contributed by atoms with Gasteiger partial charge in [0.05, 0.1) is 12.0 Å². The van der Waals surface area contributed by atoms with E-state index in [0.29, 0.717) is 25.2 Å². The number of rotatable bonds is 3. The van der Waals surface area contributed by atoms with Gasteiger partial charge in [-0.2, -0.15) is 13.2 Å². The minimum atomic E-state index is -4.33. The number of hydrogen-bond donors (Lipinski definition) is 0. The van der Waals surface area contributed by atoms with Crippen LogP contribution in [0.5, 0.6) is 0 Å². The highest BCUT2D eigenvalue weighted by Crippen LogP contribution is 2.30. The van der Waals surface area contributed by atoms with Crippen molar-refractivity contribution in [2.45, 2.75) is 37.9 Å². The number of hydrogen-bond acceptors (Lipinski definition) is 3. The fourth-order valence-corrected chi connectivity index (χ4v) is 3.62. The van der Waals surface area contributed by atoms with Crippen LogP contribution in [0.1, 0.15) is 36.0 Å². The Balaban J connectivity index is 1.68. The third-order valence-electron chi connectivity index (χ3n) is 4.85. The van der Waals surface area contributed by atoms with Crippen LogP contribution in [0.2, 0.25) is 0 Å². The van der Waals surface area contributed by atoms with Gasteiger partial charge in [0.15, 0.2) is 0 Å².